The zero-order chi connectivity index (χ0) is 13.7. The summed E-state index contributed by atoms with van der Waals surface area (Å²) in [6, 6.07) is 0. The van der Waals surface area contributed by atoms with Crippen LogP contribution in [0.4, 0.5) is 0 Å². The van der Waals surface area contributed by atoms with Crippen molar-refractivity contribution in [3.8, 4) is 0 Å². The zero-order valence-electron chi connectivity index (χ0n) is 11.2. The van der Waals surface area contributed by atoms with E-state index >= 15 is 0 Å². The van der Waals surface area contributed by atoms with Crippen LogP contribution in [0.2, 0.25) is 0 Å². The Morgan fingerprint density at radius 1 is 1.15 bits per heavy atom. The van der Waals surface area contributed by atoms with Gasteiger partial charge in [0.25, 0.3) is 0 Å². The second kappa shape index (κ2) is 4.07. The molecule has 0 aliphatic heterocycles. The van der Waals surface area contributed by atoms with Crippen LogP contribution in [0.1, 0.15) is 6.42 Å². The number of carbonyl (C=O) groups excluding carboxylic acids is 1. The molecule has 1 unspecified atom stereocenters. The minimum atomic E-state index is 0.304. The number of carbonyl (C=O) groups is 1. The van der Waals surface area contributed by atoms with Crippen LogP contribution in [0.25, 0.3) is 0 Å². The molecule has 2 nitrogen and oxygen atoms in total. The summed E-state index contributed by atoms with van der Waals surface area (Å²) in [5.74, 6) is 1.20. The Bertz CT molecular complexity index is 733. The number of methoxy groups -OCH3 is 1. The molecule has 0 spiro atoms. The van der Waals surface area contributed by atoms with Crippen LogP contribution in [0.5, 0.6) is 0 Å². The minimum absolute atomic E-state index is 0.304. The minimum Gasteiger partial charge on any atom is -0.497 e. The molecule has 4 aliphatic carbocycles. The molecule has 0 amide bonds. The zero-order valence-corrected chi connectivity index (χ0v) is 11.2. The lowest BCUT2D eigenvalue weighted by Gasteiger charge is -2.36. The van der Waals surface area contributed by atoms with Gasteiger partial charge in [0, 0.05) is 12.3 Å². The van der Waals surface area contributed by atoms with E-state index in [1.54, 1.807) is 7.11 Å². The summed E-state index contributed by atoms with van der Waals surface area (Å²) in [6.07, 6.45) is 16.5. The molecule has 98 valence electrons. The van der Waals surface area contributed by atoms with E-state index in [0.29, 0.717) is 5.92 Å². The summed E-state index contributed by atoms with van der Waals surface area (Å²) >= 11 is 0. The lowest BCUT2D eigenvalue weighted by Crippen LogP contribution is -2.22. The van der Waals surface area contributed by atoms with Gasteiger partial charge in [0.05, 0.1) is 7.11 Å². The van der Waals surface area contributed by atoms with E-state index in [4.69, 9.17) is 4.74 Å². The van der Waals surface area contributed by atoms with Gasteiger partial charge in [-0.3, -0.25) is 4.79 Å². The molecule has 0 radical (unpaired) electrons. The van der Waals surface area contributed by atoms with E-state index < -0.39 is 0 Å². The van der Waals surface area contributed by atoms with Crippen molar-refractivity contribution < 1.29 is 9.53 Å². The van der Waals surface area contributed by atoms with Gasteiger partial charge in [-0.25, -0.2) is 0 Å². The van der Waals surface area contributed by atoms with Crippen molar-refractivity contribution in [1.29, 1.82) is 0 Å². The number of allylic oxidation sites excluding steroid dienone is 13. The molecule has 0 aromatic heterocycles. The van der Waals surface area contributed by atoms with Gasteiger partial charge in [-0.15, -0.1) is 0 Å². The highest BCUT2D eigenvalue weighted by atomic mass is 16.5. The standard InChI is InChI=1S/C18H14O2/c1-20-16-8-14-4-2-12-6-11(10-19)7-13-3-5-15(9-16)18(14)17(12)13/h2-6,8-10,18H,7H2,1H3. The summed E-state index contributed by atoms with van der Waals surface area (Å²) < 4.78 is 5.37. The van der Waals surface area contributed by atoms with Crippen LogP contribution in [0, 0.1) is 5.92 Å². The van der Waals surface area contributed by atoms with Crippen molar-refractivity contribution in [2.75, 3.05) is 7.11 Å². The Kier molecular flexibility index (Phi) is 2.34. The number of hydrogen-bond acceptors (Lipinski definition) is 2. The van der Waals surface area contributed by atoms with Gasteiger partial charge < -0.3 is 4.74 Å². The second-order valence-corrected chi connectivity index (χ2v) is 5.40. The molecule has 1 atom stereocenters. The smallest absolute Gasteiger partial charge is 0.146 e. The van der Waals surface area contributed by atoms with Crippen molar-refractivity contribution in [1.82, 2.24) is 0 Å². The average Bonchev–Trinajstić information content (AvgIpc) is 2.51. The van der Waals surface area contributed by atoms with Gasteiger partial charge in [-0.1, -0.05) is 24.3 Å². The number of ether oxygens (including phenoxy) is 1. The van der Waals surface area contributed by atoms with E-state index in [9.17, 15) is 4.79 Å². The van der Waals surface area contributed by atoms with Crippen molar-refractivity contribution in [2.24, 2.45) is 5.92 Å². The molecule has 20 heavy (non-hydrogen) atoms. The van der Waals surface area contributed by atoms with Gasteiger partial charge in [0.1, 0.15) is 12.0 Å². The average molecular weight is 262 g/mol. The van der Waals surface area contributed by atoms with Gasteiger partial charge >= 0.3 is 0 Å². The Balaban J connectivity index is 1.93. The summed E-state index contributed by atoms with van der Waals surface area (Å²) in [7, 11) is 1.70. The van der Waals surface area contributed by atoms with E-state index in [2.05, 4.69) is 36.5 Å². The van der Waals surface area contributed by atoms with E-state index in [1.807, 2.05) is 6.08 Å². The Morgan fingerprint density at radius 2 is 2.05 bits per heavy atom. The maximum atomic E-state index is 11.1. The van der Waals surface area contributed by atoms with Crippen LogP contribution in [-0.4, -0.2) is 13.4 Å². The highest BCUT2D eigenvalue weighted by molar-refractivity contribution is 5.80. The van der Waals surface area contributed by atoms with E-state index in [0.717, 1.165) is 24.0 Å². The van der Waals surface area contributed by atoms with Crippen LogP contribution in [0.15, 0.2) is 81.7 Å². The van der Waals surface area contributed by atoms with Crippen LogP contribution in [0.3, 0.4) is 0 Å². The molecule has 0 saturated heterocycles. The van der Waals surface area contributed by atoms with Crippen molar-refractivity contribution in [3.05, 3.63) is 81.7 Å². The highest BCUT2D eigenvalue weighted by Gasteiger charge is 2.34. The first kappa shape index (κ1) is 11.5. The molecule has 0 N–H and O–H groups in total. The van der Waals surface area contributed by atoms with Gasteiger partial charge in [-0.05, 0) is 51.7 Å². The fourth-order valence-corrected chi connectivity index (χ4v) is 3.40. The van der Waals surface area contributed by atoms with Crippen LogP contribution in [-0.2, 0) is 9.53 Å². The molecule has 4 aliphatic rings. The molecule has 0 heterocycles. The third-order valence-electron chi connectivity index (χ3n) is 4.29. The molecule has 4 rings (SSSR count). The van der Waals surface area contributed by atoms with Gasteiger partial charge in [0.15, 0.2) is 0 Å². The summed E-state index contributed by atoms with van der Waals surface area (Å²) in [5.41, 5.74) is 7.18. The van der Waals surface area contributed by atoms with E-state index in [-0.39, 0.29) is 0 Å². The van der Waals surface area contributed by atoms with Crippen molar-refractivity contribution in [3.63, 3.8) is 0 Å². The quantitative estimate of drug-likeness (QED) is 0.713. The Labute approximate surface area is 117 Å². The van der Waals surface area contributed by atoms with Crippen molar-refractivity contribution >= 4 is 6.29 Å². The molecule has 0 bridgehead atoms. The topological polar surface area (TPSA) is 26.3 Å². The Hall–Kier alpha value is -2.35. The third-order valence-corrected chi connectivity index (χ3v) is 4.29. The Morgan fingerprint density at radius 3 is 2.85 bits per heavy atom. The van der Waals surface area contributed by atoms with Crippen molar-refractivity contribution in [2.45, 2.75) is 6.42 Å². The predicted octanol–water partition coefficient (Wildman–Crippen LogP) is 3.33. The summed E-state index contributed by atoms with van der Waals surface area (Å²) in [5, 5.41) is 0. The number of hydrogen-bond donors (Lipinski definition) is 0. The molecule has 0 fully saturated rings. The summed E-state index contributed by atoms with van der Waals surface area (Å²) in [6.45, 7) is 0. The highest BCUT2D eigenvalue weighted by Crippen LogP contribution is 2.48. The fourth-order valence-electron chi connectivity index (χ4n) is 3.40. The monoisotopic (exact) mass is 262 g/mol. The number of aldehydes is 1. The maximum absolute atomic E-state index is 11.1. The lowest BCUT2D eigenvalue weighted by atomic mass is 9.68. The lowest BCUT2D eigenvalue weighted by molar-refractivity contribution is -0.105. The van der Waals surface area contributed by atoms with Crippen LogP contribution < -0.4 is 0 Å². The first-order valence-electron chi connectivity index (χ1n) is 6.76. The molecule has 0 aromatic rings. The van der Waals surface area contributed by atoms with Gasteiger partial charge in [0.2, 0.25) is 0 Å². The van der Waals surface area contributed by atoms with Gasteiger partial charge in [-0.2, -0.15) is 0 Å². The second-order valence-electron chi connectivity index (χ2n) is 5.40. The first-order valence-corrected chi connectivity index (χ1v) is 6.76. The largest absolute Gasteiger partial charge is 0.497 e. The SMILES string of the molecule is COC1=CC2=CC=C3CC(C=O)=CC4=C3C2C(=C1)C=C4. The van der Waals surface area contributed by atoms with Crippen LogP contribution >= 0.6 is 0 Å². The summed E-state index contributed by atoms with van der Waals surface area (Å²) in [4.78, 5) is 11.1. The molecule has 0 aromatic carbocycles. The molecular weight excluding hydrogens is 248 g/mol. The first-order chi connectivity index (χ1) is 9.80. The maximum Gasteiger partial charge on any atom is 0.146 e. The van der Waals surface area contributed by atoms with E-state index in [1.165, 1.54) is 27.9 Å². The normalized spacial score (nSPS) is 25.9. The molecule has 2 heteroatoms. The third kappa shape index (κ3) is 1.48. The number of rotatable bonds is 2. The molecule has 0 saturated carbocycles. The predicted molar refractivity (Wildman–Crippen MR) is 77.8 cm³/mol. The fraction of sp³-hybridized carbons (Fsp3) is 0.167. The molecular formula is C18H14O2.